The van der Waals surface area contributed by atoms with E-state index in [0.29, 0.717) is 0 Å². The van der Waals surface area contributed by atoms with Crippen LogP contribution in [0.2, 0.25) is 0 Å². The number of ketones is 1. The second-order valence-electron chi connectivity index (χ2n) is 3.89. The zero-order valence-corrected chi connectivity index (χ0v) is 9.20. The number of carbonyl (C=O) groups is 2. The maximum Gasteiger partial charge on any atom is 0.223 e. The van der Waals surface area contributed by atoms with Crippen LogP contribution in [-0.2, 0) is 9.59 Å². The van der Waals surface area contributed by atoms with Crippen molar-refractivity contribution in [3.05, 3.63) is 0 Å². The molecule has 82 valence electrons. The smallest absolute Gasteiger partial charge is 0.223 e. The number of nitrogens with one attached hydrogen (secondary N) is 1. The minimum absolute atomic E-state index is 0.150. The van der Waals surface area contributed by atoms with Crippen LogP contribution in [0.4, 0.5) is 0 Å². The van der Waals surface area contributed by atoms with E-state index in [0.717, 1.165) is 0 Å². The number of carbonyl (C=O) groups excluding carboxylic acids is 2. The molecule has 0 aliphatic rings. The van der Waals surface area contributed by atoms with Gasteiger partial charge in [0.05, 0.1) is 6.61 Å². The van der Waals surface area contributed by atoms with E-state index in [4.69, 9.17) is 5.11 Å². The van der Waals surface area contributed by atoms with Gasteiger partial charge < -0.3 is 10.4 Å². The molecule has 0 spiro atoms. The Labute approximate surface area is 84.7 Å². The van der Waals surface area contributed by atoms with Crippen LogP contribution in [0, 0.1) is 11.8 Å². The first-order chi connectivity index (χ1) is 6.40. The average Bonchev–Trinajstić information content (AvgIpc) is 2.11. The summed E-state index contributed by atoms with van der Waals surface area (Å²) in [6.07, 6.45) is 0. The van der Waals surface area contributed by atoms with Gasteiger partial charge in [0.1, 0.15) is 6.04 Å². The highest BCUT2D eigenvalue weighted by Gasteiger charge is 2.21. The number of amides is 1. The molecular formula is C10H19NO3. The normalized spacial score (nSPS) is 15.0. The molecule has 4 nitrogen and oxygen atoms in total. The summed E-state index contributed by atoms with van der Waals surface area (Å²) in [5, 5.41) is 11.3. The van der Waals surface area contributed by atoms with Gasteiger partial charge in [0.25, 0.3) is 0 Å². The molecule has 14 heavy (non-hydrogen) atoms. The Bertz CT molecular complexity index is 213. The Balaban J connectivity index is 4.22. The fraction of sp³-hybridized carbons (Fsp3) is 0.800. The molecule has 2 N–H and O–H groups in total. The molecule has 0 aromatic carbocycles. The zero-order valence-electron chi connectivity index (χ0n) is 9.20. The van der Waals surface area contributed by atoms with Crippen molar-refractivity contribution < 1.29 is 14.7 Å². The van der Waals surface area contributed by atoms with Crippen LogP contribution in [0.25, 0.3) is 0 Å². The van der Waals surface area contributed by atoms with E-state index in [1.807, 2.05) is 13.8 Å². The van der Waals surface area contributed by atoms with E-state index in [2.05, 4.69) is 5.32 Å². The molecule has 0 radical (unpaired) electrons. The zero-order chi connectivity index (χ0) is 11.3. The third-order valence-corrected chi connectivity index (χ3v) is 2.40. The highest BCUT2D eigenvalue weighted by Crippen LogP contribution is 2.09. The SMILES string of the molecule is CC(=O)[C@H](CO)NC(=O)[C@@H](C)C(C)C. The average molecular weight is 201 g/mol. The van der Waals surface area contributed by atoms with Crippen molar-refractivity contribution in [1.82, 2.24) is 5.32 Å². The summed E-state index contributed by atoms with van der Waals surface area (Å²) < 4.78 is 0. The van der Waals surface area contributed by atoms with Gasteiger partial charge in [0.2, 0.25) is 5.91 Å². The first-order valence-corrected chi connectivity index (χ1v) is 4.81. The largest absolute Gasteiger partial charge is 0.394 e. The van der Waals surface area contributed by atoms with Gasteiger partial charge in [-0.1, -0.05) is 20.8 Å². The Kier molecular flexibility index (Phi) is 5.38. The lowest BCUT2D eigenvalue weighted by Gasteiger charge is -2.19. The number of hydrogen-bond donors (Lipinski definition) is 2. The van der Waals surface area contributed by atoms with Gasteiger partial charge in [0, 0.05) is 5.92 Å². The summed E-state index contributed by atoms with van der Waals surface area (Å²) in [6, 6.07) is -0.760. The predicted octanol–water partition coefficient (Wildman–Crippen LogP) is 0.345. The maximum absolute atomic E-state index is 11.5. The molecule has 0 heterocycles. The van der Waals surface area contributed by atoms with Crippen molar-refractivity contribution in [2.45, 2.75) is 33.7 Å². The summed E-state index contributed by atoms with van der Waals surface area (Å²) in [5.74, 6) is -0.337. The van der Waals surface area contributed by atoms with Crippen LogP contribution in [0.5, 0.6) is 0 Å². The molecule has 0 aromatic rings. The maximum atomic E-state index is 11.5. The van der Waals surface area contributed by atoms with E-state index in [1.54, 1.807) is 6.92 Å². The first-order valence-electron chi connectivity index (χ1n) is 4.81. The Hall–Kier alpha value is -0.900. The summed E-state index contributed by atoms with van der Waals surface area (Å²) in [5.41, 5.74) is 0. The molecule has 0 rings (SSSR count). The molecule has 4 heteroatoms. The van der Waals surface area contributed by atoms with Crippen LogP contribution in [-0.4, -0.2) is 29.4 Å². The lowest BCUT2D eigenvalue weighted by Crippen LogP contribution is -2.45. The Morgan fingerprint density at radius 3 is 2.07 bits per heavy atom. The lowest BCUT2D eigenvalue weighted by atomic mass is 9.97. The van der Waals surface area contributed by atoms with E-state index in [1.165, 1.54) is 6.92 Å². The summed E-state index contributed by atoms with van der Waals surface area (Å²) in [4.78, 5) is 22.4. The molecule has 0 aliphatic heterocycles. The number of Topliss-reactive ketones (excluding diaryl/α,β-unsaturated/α-hetero) is 1. The highest BCUT2D eigenvalue weighted by molar-refractivity contribution is 5.88. The molecule has 2 atom stereocenters. The molecule has 0 unspecified atom stereocenters. The molecular weight excluding hydrogens is 182 g/mol. The van der Waals surface area contributed by atoms with Crippen LogP contribution >= 0.6 is 0 Å². The molecule has 0 aromatic heterocycles. The van der Waals surface area contributed by atoms with E-state index in [9.17, 15) is 9.59 Å². The van der Waals surface area contributed by atoms with Crippen molar-refractivity contribution in [2.24, 2.45) is 11.8 Å². The Morgan fingerprint density at radius 2 is 1.79 bits per heavy atom. The minimum atomic E-state index is -0.760. The van der Waals surface area contributed by atoms with Crippen molar-refractivity contribution in [3.8, 4) is 0 Å². The minimum Gasteiger partial charge on any atom is -0.394 e. The second-order valence-corrected chi connectivity index (χ2v) is 3.89. The summed E-state index contributed by atoms with van der Waals surface area (Å²) >= 11 is 0. The summed E-state index contributed by atoms with van der Waals surface area (Å²) in [7, 11) is 0. The molecule has 0 saturated carbocycles. The van der Waals surface area contributed by atoms with Gasteiger partial charge in [0.15, 0.2) is 5.78 Å². The van der Waals surface area contributed by atoms with Crippen molar-refractivity contribution in [1.29, 1.82) is 0 Å². The van der Waals surface area contributed by atoms with Crippen molar-refractivity contribution >= 4 is 11.7 Å². The topological polar surface area (TPSA) is 66.4 Å². The van der Waals surface area contributed by atoms with E-state index < -0.39 is 6.04 Å². The Morgan fingerprint density at radius 1 is 1.29 bits per heavy atom. The quantitative estimate of drug-likeness (QED) is 0.674. The van der Waals surface area contributed by atoms with Crippen molar-refractivity contribution in [3.63, 3.8) is 0 Å². The fourth-order valence-corrected chi connectivity index (χ4v) is 0.882. The molecule has 0 bridgehead atoms. The summed E-state index contributed by atoms with van der Waals surface area (Å²) in [6.45, 7) is 6.68. The van der Waals surface area contributed by atoms with Gasteiger partial charge in [-0.15, -0.1) is 0 Å². The standard InChI is InChI=1S/C10H19NO3/c1-6(2)7(3)10(14)11-9(5-12)8(4)13/h6-7,9,12H,5H2,1-4H3,(H,11,14)/t7-,9-/m0/s1. The molecule has 0 fully saturated rings. The number of aliphatic hydroxyl groups is 1. The van der Waals surface area contributed by atoms with Gasteiger partial charge in [-0.2, -0.15) is 0 Å². The van der Waals surface area contributed by atoms with Crippen LogP contribution in [0.15, 0.2) is 0 Å². The number of hydrogen-bond acceptors (Lipinski definition) is 3. The van der Waals surface area contributed by atoms with Crippen LogP contribution in [0.3, 0.4) is 0 Å². The first kappa shape index (κ1) is 13.1. The lowest BCUT2D eigenvalue weighted by molar-refractivity contribution is -0.130. The number of aliphatic hydroxyl groups excluding tert-OH is 1. The monoisotopic (exact) mass is 201 g/mol. The highest BCUT2D eigenvalue weighted by atomic mass is 16.3. The van der Waals surface area contributed by atoms with Crippen LogP contribution in [0.1, 0.15) is 27.7 Å². The van der Waals surface area contributed by atoms with Gasteiger partial charge in [-0.25, -0.2) is 0 Å². The van der Waals surface area contributed by atoms with Gasteiger partial charge in [-0.05, 0) is 12.8 Å². The number of rotatable bonds is 5. The molecule has 0 saturated heterocycles. The van der Waals surface area contributed by atoms with Gasteiger partial charge in [-0.3, -0.25) is 9.59 Å². The molecule has 0 aliphatic carbocycles. The van der Waals surface area contributed by atoms with Crippen molar-refractivity contribution in [2.75, 3.05) is 6.61 Å². The van der Waals surface area contributed by atoms with E-state index in [-0.39, 0.29) is 30.1 Å². The second kappa shape index (κ2) is 5.75. The van der Waals surface area contributed by atoms with Gasteiger partial charge >= 0.3 is 0 Å². The predicted molar refractivity (Wildman–Crippen MR) is 53.7 cm³/mol. The van der Waals surface area contributed by atoms with Crippen LogP contribution < -0.4 is 5.32 Å². The molecule has 1 amide bonds. The third-order valence-electron chi connectivity index (χ3n) is 2.40. The van der Waals surface area contributed by atoms with E-state index >= 15 is 0 Å². The fourth-order valence-electron chi connectivity index (χ4n) is 0.882. The third kappa shape index (κ3) is 3.87.